The molecule has 24 heavy (non-hydrogen) atoms. The van der Waals surface area contributed by atoms with E-state index in [0.29, 0.717) is 11.8 Å². The fourth-order valence-electron chi connectivity index (χ4n) is 3.76. The first-order valence-electron chi connectivity index (χ1n) is 9.39. The second-order valence-electron chi connectivity index (χ2n) is 7.26. The van der Waals surface area contributed by atoms with Crippen LogP contribution in [0.2, 0.25) is 0 Å². The molecule has 0 spiro atoms. The Morgan fingerprint density at radius 1 is 1.00 bits per heavy atom. The fourth-order valence-corrected chi connectivity index (χ4v) is 3.76. The van der Waals surface area contributed by atoms with Gasteiger partial charge in [0.2, 0.25) is 0 Å². The zero-order chi connectivity index (χ0) is 16.8. The van der Waals surface area contributed by atoms with E-state index in [-0.39, 0.29) is 12.5 Å². The fraction of sp³-hybridized carbons (Fsp3) is 0.650. The Morgan fingerprint density at radius 3 is 2.29 bits per heavy atom. The molecule has 0 bridgehead atoms. The van der Waals surface area contributed by atoms with Crippen molar-refractivity contribution in [2.45, 2.75) is 44.9 Å². The maximum absolute atomic E-state index is 12.5. The van der Waals surface area contributed by atoms with E-state index in [0.717, 1.165) is 43.9 Å². The summed E-state index contributed by atoms with van der Waals surface area (Å²) in [7, 11) is 0. The summed E-state index contributed by atoms with van der Waals surface area (Å²) >= 11 is 0. The molecule has 1 N–H and O–H groups in total. The molecule has 1 aliphatic carbocycles. The number of carbonyl (C=O) groups is 1. The van der Waals surface area contributed by atoms with Crippen LogP contribution in [0.4, 0.5) is 0 Å². The van der Waals surface area contributed by atoms with Crippen LogP contribution in [0.5, 0.6) is 5.75 Å². The van der Waals surface area contributed by atoms with Gasteiger partial charge in [-0.25, -0.2) is 0 Å². The molecule has 1 aromatic carbocycles. The number of hydrogen-bond donors (Lipinski definition) is 1. The number of rotatable bonds is 5. The third kappa shape index (κ3) is 4.50. The van der Waals surface area contributed by atoms with E-state index in [1.165, 1.54) is 32.1 Å². The molecule has 0 atom stereocenters. The van der Waals surface area contributed by atoms with Gasteiger partial charge in [-0.05, 0) is 61.8 Å². The Labute approximate surface area is 144 Å². The van der Waals surface area contributed by atoms with Gasteiger partial charge < -0.3 is 14.7 Å². The lowest BCUT2D eigenvalue weighted by atomic mass is 9.90. The van der Waals surface area contributed by atoms with Crippen molar-refractivity contribution in [2.24, 2.45) is 11.8 Å². The molecular weight excluding hydrogens is 302 g/mol. The summed E-state index contributed by atoms with van der Waals surface area (Å²) in [5.74, 6) is 1.99. The highest BCUT2D eigenvalue weighted by molar-refractivity contribution is 5.94. The molecule has 1 aromatic rings. The van der Waals surface area contributed by atoms with Crippen molar-refractivity contribution in [3.05, 3.63) is 29.8 Å². The maximum Gasteiger partial charge on any atom is 0.253 e. The Hall–Kier alpha value is -1.55. The number of aliphatic hydroxyl groups excluding tert-OH is 1. The highest BCUT2D eigenvalue weighted by Gasteiger charge is 2.23. The molecule has 4 heteroatoms. The number of amides is 1. The molecule has 1 aliphatic heterocycles. The molecule has 1 heterocycles. The van der Waals surface area contributed by atoms with Gasteiger partial charge in [0.1, 0.15) is 5.75 Å². The predicted octanol–water partition coefficient (Wildman–Crippen LogP) is 3.49. The van der Waals surface area contributed by atoms with Crippen LogP contribution in [0.3, 0.4) is 0 Å². The van der Waals surface area contributed by atoms with Crippen LogP contribution in [-0.4, -0.2) is 42.2 Å². The van der Waals surface area contributed by atoms with Crippen LogP contribution in [-0.2, 0) is 0 Å². The van der Waals surface area contributed by atoms with Crippen LogP contribution in [0.15, 0.2) is 24.3 Å². The van der Waals surface area contributed by atoms with Gasteiger partial charge in [0, 0.05) is 25.3 Å². The molecule has 2 fully saturated rings. The van der Waals surface area contributed by atoms with E-state index in [1.54, 1.807) is 0 Å². The van der Waals surface area contributed by atoms with Crippen LogP contribution in [0, 0.1) is 11.8 Å². The second kappa shape index (κ2) is 8.52. The van der Waals surface area contributed by atoms with Crippen molar-refractivity contribution in [3.8, 4) is 5.75 Å². The Bertz CT molecular complexity index is 514. The van der Waals surface area contributed by atoms with Gasteiger partial charge in [-0.15, -0.1) is 0 Å². The number of carbonyl (C=O) groups excluding carboxylic acids is 1. The normalized spacial score (nSPS) is 20.1. The zero-order valence-electron chi connectivity index (χ0n) is 14.5. The third-order valence-electron chi connectivity index (χ3n) is 5.47. The van der Waals surface area contributed by atoms with Gasteiger partial charge in [-0.1, -0.05) is 19.3 Å². The maximum atomic E-state index is 12.5. The third-order valence-corrected chi connectivity index (χ3v) is 5.47. The zero-order valence-corrected chi connectivity index (χ0v) is 14.5. The number of aliphatic hydroxyl groups is 1. The average molecular weight is 331 g/mol. The van der Waals surface area contributed by atoms with Crippen LogP contribution >= 0.6 is 0 Å². The van der Waals surface area contributed by atoms with E-state index >= 15 is 0 Å². The second-order valence-corrected chi connectivity index (χ2v) is 7.26. The lowest BCUT2D eigenvalue weighted by Gasteiger charge is -2.31. The number of hydrogen-bond acceptors (Lipinski definition) is 3. The minimum Gasteiger partial charge on any atom is -0.493 e. The topological polar surface area (TPSA) is 49.8 Å². The van der Waals surface area contributed by atoms with Crippen LogP contribution in [0.1, 0.15) is 55.3 Å². The highest BCUT2D eigenvalue weighted by Crippen LogP contribution is 2.25. The van der Waals surface area contributed by atoms with E-state index in [9.17, 15) is 9.90 Å². The van der Waals surface area contributed by atoms with Gasteiger partial charge in [0.25, 0.3) is 5.91 Å². The number of likely N-dealkylation sites (tertiary alicyclic amines) is 1. The quantitative estimate of drug-likeness (QED) is 0.898. The summed E-state index contributed by atoms with van der Waals surface area (Å²) in [6, 6.07) is 7.57. The van der Waals surface area contributed by atoms with Crippen molar-refractivity contribution >= 4 is 5.91 Å². The van der Waals surface area contributed by atoms with Crippen molar-refractivity contribution in [1.29, 1.82) is 0 Å². The van der Waals surface area contributed by atoms with E-state index in [2.05, 4.69) is 0 Å². The van der Waals surface area contributed by atoms with E-state index in [1.807, 2.05) is 29.2 Å². The first-order chi connectivity index (χ1) is 11.8. The predicted molar refractivity (Wildman–Crippen MR) is 94.2 cm³/mol. The molecule has 4 nitrogen and oxygen atoms in total. The van der Waals surface area contributed by atoms with Gasteiger partial charge in [-0.2, -0.15) is 0 Å². The number of benzene rings is 1. The summed E-state index contributed by atoms with van der Waals surface area (Å²) in [6.07, 6.45) is 8.36. The molecule has 0 aromatic heterocycles. The van der Waals surface area contributed by atoms with Gasteiger partial charge in [0.15, 0.2) is 0 Å². The Morgan fingerprint density at radius 2 is 1.67 bits per heavy atom. The van der Waals surface area contributed by atoms with E-state index in [4.69, 9.17) is 4.74 Å². The standard InChI is InChI=1S/C20H29NO3/c22-14-16-10-12-21(13-11-16)20(23)18-6-8-19(9-7-18)24-15-17-4-2-1-3-5-17/h6-9,16-17,22H,1-5,10-15H2. The number of piperidine rings is 1. The molecule has 1 saturated carbocycles. The lowest BCUT2D eigenvalue weighted by molar-refractivity contribution is 0.0651. The summed E-state index contributed by atoms with van der Waals surface area (Å²) in [5.41, 5.74) is 0.725. The van der Waals surface area contributed by atoms with Crippen molar-refractivity contribution in [1.82, 2.24) is 4.90 Å². The lowest BCUT2D eigenvalue weighted by Crippen LogP contribution is -2.39. The summed E-state index contributed by atoms with van der Waals surface area (Å²) < 4.78 is 5.90. The first-order valence-corrected chi connectivity index (χ1v) is 9.39. The SMILES string of the molecule is O=C(c1ccc(OCC2CCCCC2)cc1)N1CCC(CO)CC1. The minimum absolute atomic E-state index is 0.0882. The summed E-state index contributed by atoms with van der Waals surface area (Å²) in [6.45, 7) is 2.50. The molecule has 3 rings (SSSR count). The molecule has 132 valence electrons. The van der Waals surface area contributed by atoms with Crippen molar-refractivity contribution in [2.75, 3.05) is 26.3 Å². The van der Waals surface area contributed by atoms with Gasteiger partial charge in [-0.3, -0.25) is 4.79 Å². The highest BCUT2D eigenvalue weighted by atomic mass is 16.5. The Kier molecular flexibility index (Phi) is 6.13. The van der Waals surface area contributed by atoms with Crippen LogP contribution in [0.25, 0.3) is 0 Å². The first kappa shape index (κ1) is 17.3. The average Bonchev–Trinajstić information content (AvgIpc) is 2.67. The van der Waals surface area contributed by atoms with Crippen molar-refractivity contribution in [3.63, 3.8) is 0 Å². The molecular formula is C20H29NO3. The number of ether oxygens (including phenoxy) is 1. The largest absolute Gasteiger partial charge is 0.493 e. The molecule has 0 unspecified atom stereocenters. The summed E-state index contributed by atoms with van der Waals surface area (Å²) in [5, 5.41) is 9.19. The number of nitrogens with zero attached hydrogens (tertiary/aromatic N) is 1. The molecule has 1 saturated heterocycles. The molecule has 0 radical (unpaired) electrons. The monoisotopic (exact) mass is 331 g/mol. The Balaban J connectivity index is 1.49. The minimum atomic E-state index is 0.0882. The van der Waals surface area contributed by atoms with Crippen LogP contribution < -0.4 is 4.74 Å². The molecule has 2 aliphatic rings. The van der Waals surface area contributed by atoms with Crippen molar-refractivity contribution < 1.29 is 14.6 Å². The molecule has 1 amide bonds. The van der Waals surface area contributed by atoms with Gasteiger partial charge in [0.05, 0.1) is 6.61 Å². The smallest absolute Gasteiger partial charge is 0.253 e. The van der Waals surface area contributed by atoms with Gasteiger partial charge >= 0.3 is 0 Å². The van der Waals surface area contributed by atoms with E-state index < -0.39 is 0 Å². The summed E-state index contributed by atoms with van der Waals surface area (Å²) in [4.78, 5) is 14.4.